The molecule has 0 bridgehead atoms. The van der Waals surface area contributed by atoms with E-state index >= 15 is 0 Å². The maximum absolute atomic E-state index is 12.0. The van der Waals surface area contributed by atoms with Gasteiger partial charge in [-0.25, -0.2) is 0 Å². The summed E-state index contributed by atoms with van der Waals surface area (Å²) in [6.45, 7) is 1.87. The highest BCUT2D eigenvalue weighted by Gasteiger charge is 2.32. The van der Waals surface area contributed by atoms with Crippen LogP contribution in [0.1, 0.15) is 30.2 Å². The first-order valence-corrected chi connectivity index (χ1v) is 6.75. The number of aryl methyl sites for hydroxylation is 1. The number of nitrogens with zero attached hydrogens (tertiary/aromatic N) is 1. The van der Waals surface area contributed by atoms with Gasteiger partial charge in [-0.2, -0.15) is 0 Å². The van der Waals surface area contributed by atoms with E-state index in [1.807, 2.05) is 25.1 Å². The second-order valence-corrected chi connectivity index (χ2v) is 5.29. The lowest BCUT2D eigenvalue weighted by atomic mass is 9.92. The minimum Gasteiger partial charge on any atom is -0.461 e. The van der Waals surface area contributed by atoms with Gasteiger partial charge in [0, 0.05) is 11.8 Å². The van der Waals surface area contributed by atoms with Gasteiger partial charge in [0.2, 0.25) is 11.8 Å². The van der Waals surface area contributed by atoms with Crippen molar-refractivity contribution >= 4 is 33.8 Å². The normalized spacial score (nSPS) is 19.4. The van der Waals surface area contributed by atoms with E-state index in [0.29, 0.717) is 29.7 Å². The molecule has 6 heteroatoms. The molecule has 2 aromatic heterocycles. The molecule has 1 fully saturated rings. The fourth-order valence-corrected chi connectivity index (χ4v) is 2.87. The van der Waals surface area contributed by atoms with E-state index in [0.717, 1.165) is 16.5 Å². The molecular formula is C15H12N2O4. The molecule has 106 valence electrons. The van der Waals surface area contributed by atoms with Crippen LogP contribution in [0.2, 0.25) is 0 Å². The molecule has 0 spiro atoms. The molecule has 3 heterocycles. The monoisotopic (exact) mass is 284 g/mol. The number of carbonyl (C=O) groups is 2. The van der Waals surface area contributed by atoms with Crippen LogP contribution in [0.15, 0.2) is 27.1 Å². The average molecular weight is 284 g/mol. The van der Waals surface area contributed by atoms with Gasteiger partial charge in [0.25, 0.3) is 0 Å². The lowest BCUT2D eigenvalue weighted by molar-refractivity contribution is -0.134. The third kappa shape index (κ3) is 1.75. The van der Waals surface area contributed by atoms with Crippen molar-refractivity contribution in [2.75, 3.05) is 0 Å². The Kier molecular flexibility index (Phi) is 2.42. The maximum Gasteiger partial charge on any atom is 0.235 e. The molecule has 1 atom stereocenters. The molecule has 1 saturated heterocycles. The average Bonchev–Trinajstić information content (AvgIpc) is 3.00. The van der Waals surface area contributed by atoms with E-state index in [1.54, 1.807) is 0 Å². The molecule has 1 N–H and O–H groups in total. The third-order valence-corrected chi connectivity index (χ3v) is 3.84. The Morgan fingerprint density at radius 2 is 2.19 bits per heavy atom. The number of imide groups is 1. The highest BCUT2D eigenvalue weighted by Crippen LogP contribution is 2.36. The van der Waals surface area contributed by atoms with E-state index in [4.69, 9.17) is 8.94 Å². The van der Waals surface area contributed by atoms with Crippen LogP contribution >= 0.6 is 0 Å². The molecule has 1 aliphatic heterocycles. The third-order valence-electron chi connectivity index (χ3n) is 3.84. The zero-order chi connectivity index (χ0) is 14.6. The molecule has 0 saturated carbocycles. The number of hydrogen-bond donors (Lipinski definition) is 1. The molecule has 6 nitrogen and oxygen atoms in total. The van der Waals surface area contributed by atoms with Gasteiger partial charge in [0.1, 0.15) is 17.0 Å². The van der Waals surface area contributed by atoms with Crippen molar-refractivity contribution in [3.63, 3.8) is 0 Å². The van der Waals surface area contributed by atoms with Crippen molar-refractivity contribution < 1.29 is 18.5 Å². The van der Waals surface area contributed by atoms with Crippen molar-refractivity contribution in [2.24, 2.45) is 0 Å². The van der Waals surface area contributed by atoms with Gasteiger partial charge < -0.3 is 8.94 Å². The first kappa shape index (κ1) is 12.1. The topological polar surface area (TPSA) is 85.3 Å². The van der Waals surface area contributed by atoms with Crippen molar-refractivity contribution in [1.29, 1.82) is 0 Å². The summed E-state index contributed by atoms with van der Waals surface area (Å²) in [5, 5.41) is 8.05. The fraction of sp³-hybridized carbons (Fsp3) is 0.267. The quantitative estimate of drug-likeness (QED) is 0.693. The van der Waals surface area contributed by atoms with E-state index in [2.05, 4.69) is 10.5 Å². The molecule has 1 aliphatic rings. The number of amides is 2. The summed E-state index contributed by atoms with van der Waals surface area (Å²) in [4.78, 5) is 23.3. The Bertz CT molecular complexity index is 890. The summed E-state index contributed by atoms with van der Waals surface area (Å²) in [6, 6.07) is 5.64. The Balaban J connectivity index is 1.94. The maximum atomic E-state index is 12.0. The van der Waals surface area contributed by atoms with Gasteiger partial charge in [-0.15, -0.1) is 0 Å². The second kappa shape index (κ2) is 4.18. The molecule has 1 aromatic carbocycles. The molecule has 21 heavy (non-hydrogen) atoms. The Morgan fingerprint density at radius 3 is 3.00 bits per heavy atom. The minimum atomic E-state index is -0.486. The Hall–Kier alpha value is -2.63. The van der Waals surface area contributed by atoms with Crippen LogP contribution in [0.4, 0.5) is 0 Å². The number of benzene rings is 1. The van der Waals surface area contributed by atoms with Gasteiger partial charge in [-0.1, -0.05) is 5.16 Å². The zero-order valence-corrected chi connectivity index (χ0v) is 11.3. The van der Waals surface area contributed by atoms with E-state index < -0.39 is 5.92 Å². The van der Waals surface area contributed by atoms with Crippen LogP contribution in [0, 0.1) is 6.92 Å². The Labute approximate surface area is 119 Å². The van der Waals surface area contributed by atoms with Crippen molar-refractivity contribution in [2.45, 2.75) is 25.7 Å². The van der Waals surface area contributed by atoms with E-state index in [-0.39, 0.29) is 11.8 Å². The molecule has 0 radical (unpaired) electrons. The van der Waals surface area contributed by atoms with Crippen LogP contribution in [-0.4, -0.2) is 17.0 Å². The summed E-state index contributed by atoms with van der Waals surface area (Å²) < 4.78 is 11.0. The number of aromatic nitrogens is 1. The van der Waals surface area contributed by atoms with Crippen molar-refractivity contribution in [1.82, 2.24) is 10.5 Å². The van der Waals surface area contributed by atoms with Crippen LogP contribution in [0.25, 0.3) is 21.9 Å². The summed E-state index contributed by atoms with van der Waals surface area (Å²) in [5.41, 5.74) is 1.79. The second-order valence-electron chi connectivity index (χ2n) is 5.29. The fourth-order valence-electron chi connectivity index (χ4n) is 2.87. The number of fused-ring (bicyclic) bond motifs is 3. The lowest BCUT2D eigenvalue weighted by Gasteiger charge is -2.18. The van der Waals surface area contributed by atoms with Crippen LogP contribution in [0.5, 0.6) is 0 Å². The molecule has 3 aromatic rings. The van der Waals surface area contributed by atoms with Crippen molar-refractivity contribution in [3.8, 4) is 0 Å². The minimum absolute atomic E-state index is 0.247. The first-order chi connectivity index (χ1) is 10.1. The van der Waals surface area contributed by atoms with Gasteiger partial charge in [0.05, 0.1) is 11.3 Å². The smallest absolute Gasteiger partial charge is 0.235 e. The number of nitrogens with one attached hydrogen (secondary N) is 1. The van der Waals surface area contributed by atoms with Gasteiger partial charge in [-0.05, 0) is 31.5 Å². The number of furan rings is 1. The van der Waals surface area contributed by atoms with Gasteiger partial charge in [0.15, 0.2) is 5.58 Å². The van der Waals surface area contributed by atoms with Gasteiger partial charge >= 0.3 is 0 Å². The van der Waals surface area contributed by atoms with Crippen LogP contribution in [0.3, 0.4) is 0 Å². The summed E-state index contributed by atoms with van der Waals surface area (Å²) >= 11 is 0. The summed E-state index contributed by atoms with van der Waals surface area (Å²) in [7, 11) is 0. The Morgan fingerprint density at radius 1 is 1.33 bits per heavy atom. The zero-order valence-electron chi connectivity index (χ0n) is 11.3. The predicted molar refractivity (Wildman–Crippen MR) is 73.6 cm³/mol. The van der Waals surface area contributed by atoms with Crippen molar-refractivity contribution in [3.05, 3.63) is 29.7 Å². The molecule has 4 rings (SSSR count). The highest BCUT2D eigenvalue weighted by molar-refractivity contribution is 6.07. The largest absolute Gasteiger partial charge is 0.461 e. The number of carbonyl (C=O) groups excluding carboxylic acids is 2. The standard InChI is InChI=1S/C15H12N2O4/c1-7-6-8-2-4-10-12(14(8)20-7)13(17-21-10)9-3-5-11(18)16-15(9)19/h2,4,6,9H,3,5H2,1H3,(H,16,18,19). The van der Waals surface area contributed by atoms with E-state index in [9.17, 15) is 9.59 Å². The van der Waals surface area contributed by atoms with Gasteiger partial charge in [-0.3, -0.25) is 14.9 Å². The molecule has 0 aliphatic carbocycles. The molecular weight excluding hydrogens is 272 g/mol. The van der Waals surface area contributed by atoms with E-state index in [1.165, 1.54) is 0 Å². The van der Waals surface area contributed by atoms with Crippen LogP contribution in [-0.2, 0) is 9.59 Å². The SMILES string of the molecule is Cc1cc2ccc3onc(C4CCC(=O)NC4=O)c3c2o1. The molecule has 1 unspecified atom stereocenters. The number of hydrogen-bond acceptors (Lipinski definition) is 5. The lowest BCUT2D eigenvalue weighted by Crippen LogP contribution is -2.39. The number of rotatable bonds is 1. The summed E-state index contributed by atoms with van der Waals surface area (Å²) in [5.74, 6) is -0.280. The summed E-state index contributed by atoms with van der Waals surface area (Å²) in [6.07, 6.45) is 0.736. The highest BCUT2D eigenvalue weighted by atomic mass is 16.5. The van der Waals surface area contributed by atoms with Crippen LogP contribution < -0.4 is 5.32 Å². The number of piperidine rings is 1. The predicted octanol–water partition coefficient (Wildman–Crippen LogP) is 2.40. The first-order valence-electron chi connectivity index (χ1n) is 6.75. The molecule has 2 amide bonds.